The molecule has 0 aliphatic carbocycles. The average Bonchev–Trinajstić information content (AvgIpc) is 2.44. The van der Waals surface area contributed by atoms with Crippen LogP contribution in [0.1, 0.15) is 19.4 Å². The van der Waals surface area contributed by atoms with Gasteiger partial charge in [0, 0.05) is 23.3 Å². The summed E-state index contributed by atoms with van der Waals surface area (Å²) in [6, 6.07) is 5.05. The highest BCUT2D eigenvalue weighted by Crippen LogP contribution is 2.06. The van der Waals surface area contributed by atoms with Crippen LogP contribution in [0, 0.1) is 5.82 Å². The van der Waals surface area contributed by atoms with Gasteiger partial charge in [0.15, 0.2) is 0 Å². The molecule has 1 rings (SSSR count). The Labute approximate surface area is 120 Å². The lowest BCUT2D eigenvalue weighted by Crippen LogP contribution is -2.40. The Bertz CT molecular complexity index is 611. The maximum atomic E-state index is 13.3. The highest BCUT2D eigenvalue weighted by atomic mass is 19.1. The van der Waals surface area contributed by atoms with Gasteiger partial charge in [-0.3, -0.25) is 10.1 Å². The molecule has 1 aromatic carbocycles. The first-order valence-corrected chi connectivity index (χ1v) is 6.06. The third-order valence-electron chi connectivity index (χ3n) is 2.85. The van der Waals surface area contributed by atoms with Gasteiger partial charge in [-0.25, -0.2) is 14.0 Å². The zero-order valence-electron chi connectivity index (χ0n) is 11.6. The molecule has 0 radical (unpaired) electrons. The zero-order chi connectivity index (χ0) is 16.0. The van der Waals surface area contributed by atoms with Crippen molar-refractivity contribution in [2.24, 2.45) is 0 Å². The summed E-state index contributed by atoms with van der Waals surface area (Å²) < 4.78 is 13.3. The lowest BCUT2D eigenvalue weighted by Gasteiger charge is -2.08. The quantitative estimate of drug-likeness (QED) is 0.734. The van der Waals surface area contributed by atoms with E-state index in [9.17, 15) is 18.8 Å². The second-order valence-corrected chi connectivity index (χ2v) is 4.28. The molecule has 0 atom stereocenters. The van der Waals surface area contributed by atoms with E-state index < -0.39 is 23.7 Å². The van der Waals surface area contributed by atoms with Crippen molar-refractivity contribution in [2.75, 3.05) is 0 Å². The second kappa shape index (κ2) is 7.18. The number of carbonyl (C=O) groups is 3. The van der Waals surface area contributed by atoms with Crippen LogP contribution in [0.2, 0.25) is 0 Å². The molecule has 21 heavy (non-hydrogen) atoms. The van der Waals surface area contributed by atoms with Crippen molar-refractivity contribution < 1.29 is 23.9 Å². The van der Waals surface area contributed by atoms with E-state index in [1.165, 1.54) is 32.0 Å². The number of hydrogen-bond acceptors (Lipinski definition) is 3. The average molecular weight is 294 g/mol. The van der Waals surface area contributed by atoms with Crippen molar-refractivity contribution in [3.05, 3.63) is 46.8 Å². The van der Waals surface area contributed by atoms with Crippen LogP contribution in [-0.4, -0.2) is 23.0 Å². The van der Waals surface area contributed by atoms with Crippen molar-refractivity contribution in [2.45, 2.75) is 20.4 Å². The number of benzene rings is 1. The number of urea groups is 1. The van der Waals surface area contributed by atoms with Crippen molar-refractivity contribution in [3.8, 4) is 0 Å². The number of nitrogens with one attached hydrogen (secondary N) is 2. The van der Waals surface area contributed by atoms with Crippen molar-refractivity contribution in [3.63, 3.8) is 0 Å². The Morgan fingerprint density at radius 3 is 2.33 bits per heavy atom. The van der Waals surface area contributed by atoms with Crippen molar-refractivity contribution in [1.82, 2.24) is 10.6 Å². The molecule has 112 valence electrons. The molecule has 7 heteroatoms. The summed E-state index contributed by atoms with van der Waals surface area (Å²) in [5, 5.41) is 13.0. The number of halogens is 1. The smallest absolute Gasteiger partial charge is 0.331 e. The highest BCUT2D eigenvalue weighted by molar-refractivity contribution is 6.07. The number of imide groups is 1. The fourth-order valence-electron chi connectivity index (χ4n) is 1.39. The Kier molecular flexibility index (Phi) is 5.59. The SMILES string of the molecule is CC(C(=O)O)=C(C)C(=O)NC(=O)NCc1ccccc1F. The fraction of sp³-hybridized carbons (Fsp3) is 0.214. The Morgan fingerprint density at radius 2 is 1.76 bits per heavy atom. The Morgan fingerprint density at radius 1 is 1.14 bits per heavy atom. The molecule has 0 saturated heterocycles. The molecule has 0 aliphatic rings. The molecular formula is C14H15FN2O4. The van der Waals surface area contributed by atoms with E-state index in [-0.39, 0.29) is 23.3 Å². The van der Waals surface area contributed by atoms with E-state index in [2.05, 4.69) is 5.32 Å². The van der Waals surface area contributed by atoms with Gasteiger partial charge in [0.2, 0.25) is 0 Å². The summed E-state index contributed by atoms with van der Waals surface area (Å²) in [5.41, 5.74) is 0.0343. The van der Waals surface area contributed by atoms with Gasteiger partial charge >= 0.3 is 12.0 Å². The van der Waals surface area contributed by atoms with Gasteiger partial charge in [-0.15, -0.1) is 0 Å². The van der Waals surface area contributed by atoms with E-state index in [4.69, 9.17) is 5.11 Å². The first-order valence-electron chi connectivity index (χ1n) is 6.06. The summed E-state index contributed by atoms with van der Waals surface area (Å²) in [5.74, 6) is -2.53. The zero-order valence-corrected chi connectivity index (χ0v) is 11.6. The molecule has 0 fully saturated rings. The molecule has 0 aromatic heterocycles. The van der Waals surface area contributed by atoms with Crippen LogP contribution in [-0.2, 0) is 16.1 Å². The summed E-state index contributed by atoms with van der Waals surface area (Å²) in [4.78, 5) is 33.8. The molecule has 6 nitrogen and oxygen atoms in total. The van der Waals surface area contributed by atoms with Crippen LogP contribution in [0.4, 0.5) is 9.18 Å². The Hall–Kier alpha value is -2.70. The lowest BCUT2D eigenvalue weighted by molar-refractivity contribution is -0.133. The number of hydrogen-bond donors (Lipinski definition) is 3. The second-order valence-electron chi connectivity index (χ2n) is 4.28. The maximum Gasteiger partial charge on any atom is 0.331 e. The minimum Gasteiger partial charge on any atom is -0.478 e. The van der Waals surface area contributed by atoms with E-state index in [0.29, 0.717) is 0 Å². The predicted octanol–water partition coefficient (Wildman–Crippen LogP) is 1.57. The molecule has 0 aliphatic heterocycles. The molecule has 0 unspecified atom stereocenters. The number of carboxylic acid groups (broad SMARTS) is 1. The minimum absolute atomic E-state index is 0.0801. The number of carbonyl (C=O) groups excluding carboxylic acids is 2. The number of carboxylic acids is 1. The molecule has 0 heterocycles. The molecule has 0 saturated carbocycles. The first kappa shape index (κ1) is 16.4. The molecule has 3 amide bonds. The van der Waals surface area contributed by atoms with Gasteiger partial charge in [0.1, 0.15) is 5.82 Å². The van der Waals surface area contributed by atoms with Gasteiger partial charge in [-0.2, -0.15) is 0 Å². The third kappa shape index (κ3) is 4.72. The van der Waals surface area contributed by atoms with Crippen molar-refractivity contribution >= 4 is 17.9 Å². The summed E-state index contributed by atoms with van der Waals surface area (Å²) >= 11 is 0. The van der Waals surface area contributed by atoms with Crippen LogP contribution >= 0.6 is 0 Å². The van der Waals surface area contributed by atoms with Crippen LogP contribution in [0.5, 0.6) is 0 Å². The van der Waals surface area contributed by atoms with E-state index >= 15 is 0 Å². The Balaban J connectivity index is 2.59. The van der Waals surface area contributed by atoms with E-state index in [0.717, 1.165) is 0 Å². The van der Waals surface area contributed by atoms with E-state index in [1.807, 2.05) is 5.32 Å². The molecule has 1 aromatic rings. The van der Waals surface area contributed by atoms with Crippen LogP contribution in [0.3, 0.4) is 0 Å². The highest BCUT2D eigenvalue weighted by Gasteiger charge is 2.15. The minimum atomic E-state index is -1.24. The molecule has 3 N–H and O–H groups in total. The summed E-state index contributed by atoms with van der Waals surface area (Å²) in [6.07, 6.45) is 0. The lowest BCUT2D eigenvalue weighted by atomic mass is 10.1. The molecule has 0 bridgehead atoms. The van der Waals surface area contributed by atoms with Gasteiger partial charge < -0.3 is 10.4 Å². The van der Waals surface area contributed by atoms with Gasteiger partial charge in [0.25, 0.3) is 5.91 Å². The van der Waals surface area contributed by atoms with Gasteiger partial charge in [-0.05, 0) is 19.9 Å². The molecule has 0 spiro atoms. The number of amides is 3. The number of rotatable bonds is 4. The standard InChI is InChI=1S/C14H15FN2O4/c1-8(9(2)13(19)20)12(18)17-14(21)16-7-10-5-3-4-6-11(10)15/h3-6H,7H2,1-2H3,(H,19,20)(H2,16,17,18,21). The van der Waals surface area contributed by atoms with E-state index in [1.54, 1.807) is 6.07 Å². The maximum absolute atomic E-state index is 13.3. The van der Waals surface area contributed by atoms with Crippen molar-refractivity contribution in [1.29, 1.82) is 0 Å². The number of aliphatic carboxylic acids is 1. The molecular weight excluding hydrogens is 279 g/mol. The monoisotopic (exact) mass is 294 g/mol. The van der Waals surface area contributed by atoms with Gasteiger partial charge in [-0.1, -0.05) is 18.2 Å². The summed E-state index contributed by atoms with van der Waals surface area (Å²) in [7, 11) is 0. The van der Waals surface area contributed by atoms with Gasteiger partial charge in [0.05, 0.1) is 0 Å². The normalized spacial score (nSPS) is 11.4. The van der Waals surface area contributed by atoms with Crippen LogP contribution in [0.25, 0.3) is 0 Å². The largest absolute Gasteiger partial charge is 0.478 e. The van der Waals surface area contributed by atoms with Crippen LogP contribution in [0.15, 0.2) is 35.4 Å². The topological polar surface area (TPSA) is 95.5 Å². The third-order valence-corrected chi connectivity index (χ3v) is 2.85. The first-order chi connectivity index (χ1) is 9.82. The predicted molar refractivity (Wildman–Crippen MR) is 72.8 cm³/mol. The summed E-state index contributed by atoms with van der Waals surface area (Å²) in [6.45, 7) is 2.46. The van der Waals surface area contributed by atoms with Crippen LogP contribution < -0.4 is 10.6 Å². The fourth-order valence-corrected chi connectivity index (χ4v) is 1.39.